The van der Waals surface area contributed by atoms with Gasteiger partial charge in [-0.1, -0.05) is 18.9 Å². The van der Waals surface area contributed by atoms with Crippen LogP contribution in [0.4, 0.5) is 5.69 Å². The Morgan fingerprint density at radius 1 is 1.28 bits per heavy atom. The molecule has 18 heavy (non-hydrogen) atoms. The number of anilines is 1. The van der Waals surface area contributed by atoms with Crippen molar-refractivity contribution < 1.29 is 4.79 Å². The van der Waals surface area contributed by atoms with Crippen LogP contribution in [-0.2, 0) is 4.79 Å². The van der Waals surface area contributed by atoms with Crippen molar-refractivity contribution in [1.82, 2.24) is 0 Å². The highest BCUT2D eigenvalue weighted by Crippen LogP contribution is 2.23. The summed E-state index contributed by atoms with van der Waals surface area (Å²) in [5, 5.41) is 2.92. The SMILES string of the molecule is Cc1ccc(NC(=O)CCCCCCN)c(Br)c1. The number of nitrogens with one attached hydrogen (secondary N) is 1. The Morgan fingerprint density at radius 3 is 2.67 bits per heavy atom. The summed E-state index contributed by atoms with van der Waals surface area (Å²) >= 11 is 3.45. The predicted molar refractivity (Wildman–Crippen MR) is 79.6 cm³/mol. The van der Waals surface area contributed by atoms with Gasteiger partial charge in [-0.2, -0.15) is 0 Å². The average molecular weight is 313 g/mol. The second-order valence-electron chi connectivity index (χ2n) is 4.48. The van der Waals surface area contributed by atoms with Crippen molar-refractivity contribution in [2.24, 2.45) is 5.73 Å². The molecular weight excluding hydrogens is 292 g/mol. The van der Waals surface area contributed by atoms with E-state index in [-0.39, 0.29) is 5.91 Å². The van der Waals surface area contributed by atoms with E-state index in [1.807, 2.05) is 25.1 Å². The Hall–Kier alpha value is -0.870. The van der Waals surface area contributed by atoms with Gasteiger partial charge in [0.1, 0.15) is 0 Å². The normalized spacial score (nSPS) is 10.4. The lowest BCUT2D eigenvalue weighted by molar-refractivity contribution is -0.116. The van der Waals surface area contributed by atoms with Crippen molar-refractivity contribution in [2.75, 3.05) is 11.9 Å². The minimum absolute atomic E-state index is 0.0762. The van der Waals surface area contributed by atoms with Crippen LogP contribution in [-0.4, -0.2) is 12.5 Å². The third-order valence-corrected chi connectivity index (χ3v) is 3.41. The van der Waals surface area contributed by atoms with Crippen LogP contribution in [0, 0.1) is 6.92 Å². The maximum atomic E-state index is 11.7. The molecule has 0 heterocycles. The standard InChI is InChI=1S/C14H21BrN2O/c1-11-7-8-13(12(15)10-11)17-14(18)6-4-2-3-5-9-16/h7-8,10H,2-6,9,16H2,1H3,(H,17,18). The van der Waals surface area contributed by atoms with Gasteiger partial charge in [0.15, 0.2) is 0 Å². The number of unbranched alkanes of at least 4 members (excludes halogenated alkanes) is 3. The highest BCUT2D eigenvalue weighted by molar-refractivity contribution is 9.10. The van der Waals surface area contributed by atoms with Crippen molar-refractivity contribution in [1.29, 1.82) is 0 Å². The minimum atomic E-state index is 0.0762. The molecule has 0 bridgehead atoms. The molecule has 4 heteroatoms. The molecule has 1 aromatic carbocycles. The Morgan fingerprint density at radius 2 is 2.00 bits per heavy atom. The summed E-state index contributed by atoms with van der Waals surface area (Å²) in [4.78, 5) is 11.7. The van der Waals surface area contributed by atoms with Crippen molar-refractivity contribution in [3.05, 3.63) is 28.2 Å². The second-order valence-corrected chi connectivity index (χ2v) is 5.34. The van der Waals surface area contributed by atoms with Crippen LogP contribution in [0.25, 0.3) is 0 Å². The van der Waals surface area contributed by atoms with Gasteiger partial charge in [-0.05, 0) is 59.9 Å². The van der Waals surface area contributed by atoms with Gasteiger partial charge in [0, 0.05) is 10.9 Å². The fourth-order valence-corrected chi connectivity index (χ4v) is 2.31. The van der Waals surface area contributed by atoms with Crippen LogP contribution in [0.5, 0.6) is 0 Å². The first-order chi connectivity index (χ1) is 8.63. The molecule has 1 amide bonds. The summed E-state index contributed by atoms with van der Waals surface area (Å²) in [6.07, 6.45) is 4.73. The van der Waals surface area contributed by atoms with Crippen molar-refractivity contribution in [3.63, 3.8) is 0 Å². The molecule has 0 saturated carbocycles. The van der Waals surface area contributed by atoms with E-state index in [9.17, 15) is 4.79 Å². The molecule has 0 aliphatic heterocycles. The molecule has 3 nitrogen and oxygen atoms in total. The average Bonchev–Trinajstić information content (AvgIpc) is 2.32. The maximum Gasteiger partial charge on any atom is 0.224 e. The number of hydrogen-bond acceptors (Lipinski definition) is 2. The van der Waals surface area contributed by atoms with Gasteiger partial charge < -0.3 is 11.1 Å². The molecule has 1 rings (SSSR count). The van der Waals surface area contributed by atoms with Gasteiger partial charge in [-0.25, -0.2) is 0 Å². The van der Waals surface area contributed by atoms with Crippen molar-refractivity contribution >= 4 is 27.5 Å². The van der Waals surface area contributed by atoms with Crippen molar-refractivity contribution in [3.8, 4) is 0 Å². The molecule has 0 spiro atoms. The molecule has 3 N–H and O–H groups in total. The summed E-state index contributed by atoms with van der Waals surface area (Å²) in [5.41, 5.74) is 7.43. The van der Waals surface area contributed by atoms with Gasteiger partial charge in [0.2, 0.25) is 5.91 Å². The number of amides is 1. The van der Waals surface area contributed by atoms with E-state index >= 15 is 0 Å². The first-order valence-corrected chi connectivity index (χ1v) is 7.19. The summed E-state index contributed by atoms with van der Waals surface area (Å²) < 4.78 is 0.930. The largest absolute Gasteiger partial charge is 0.330 e. The third-order valence-electron chi connectivity index (χ3n) is 2.76. The molecule has 0 fully saturated rings. The Labute approximate surface area is 117 Å². The number of hydrogen-bond donors (Lipinski definition) is 2. The maximum absolute atomic E-state index is 11.7. The first kappa shape index (κ1) is 15.2. The predicted octanol–water partition coefficient (Wildman–Crippen LogP) is 3.61. The minimum Gasteiger partial charge on any atom is -0.330 e. The molecule has 0 aliphatic carbocycles. The van der Waals surface area contributed by atoms with E-state index in [1.54, 1.807) is 0 Å². The number of rotatable bonds is 7. The van der Waals surface area contributed by atoms with Crippen LogP contribution < -0.4 is 11.1 Å². The van der Waals surface area contributed by atoms with Gasteiger partial charge in [-0.3, -0.25) is 4.79 Å². The highest BCUT2D eigenvalue weighted by atomic mass is 79.9. The van der Waals surface area contributed by atoms with E-state index in [0.29, 0.717) is 6.42 Å². The lowest BCUT2D eigenvalue weighted by Crippen LogP contribution is -2.11. The van der Waals surface area contributed by atoms with E-state index in [2.05, 4.69) is 21.2 Å². The van der Waals surface area contributed by atoms with Gasteiger partial charge in [0.05, 0.1) is 5.69 Å². The highest BCUT2D eigenvalue weighted by Gasteiger charge is 2.05. The number of nitrogens with two attached hydrogens (primary N) is 1. The molecule has 0 aromatic heterocycles. The van der Waals surface area contributed by atoms with Crippen LogP contribution in [0.3, 0.4) is 0 Å². The van der Waals surface area contributed by atoms with E-state index in [1.165, 1.54) is 5.56 Å². The molecule has 1 aromatic rings. The van der Waals surface area contributed by atoms with E-state index in [4.69, 9.17) is 5.73 Å². The summed E-state index contributed by atoms with van der Waals surface area (Å²) in [7, 11) is 0. The van der Waals surface area contributed by atoms with Crippen molar-refractivity contribution in [2.45, 2.75) is 39.0 Å². The third kappa shape index (κ3) is 5.65. The van der Waals surface area contributed by atoms with Gasteiger partial charge >= 0.3 is 0 Å². The fourth-order valence-electron chi connectivity index (χ4n) is 1.72. The van der Waals surface area contributed by atoms with Crippen LogP contribution in [0.2, 0.25) is 0 Å². The van der Waals surface area contributed by atoms with Crippen LogP contribution >= 0.6 is 15.9 Å². The zero-order chi connectivity index (χ0) is 13.4. The first-order valence-electron chi connectivity index (χ1n) is 6.39. The molecule has 0 unspecified atom stereocenters. The van der Waals surface area contributed by atoms with Crippen LogP contribution in [0.1, 0.15) is 37.7 Å². The Bertz CT molecular complexity index is 393. The lowest BCUT2D eigenvalue weighted by atomic mass is 10.1. The zero-order valence-electron chi connectivity index (χ0n) is 10.8. The molecule has 0 saturated heterocycles. The number of carbonyl (C=O) groups excluding carboxylic acids is 1. The summed E-state index contributed by atoms with van der Waals surface area (Å²) in [5.74, 6) is 0.0762. The number of benzene rings is 1. The van der Waals surface area contributed by atoms with Crippen LogP contribution in [0.15, 0.2) is 22.7 Å². The Kier molecular flexibility index (Phi) is 6.98. The molecule has 0 radical (unpaired) electrons. The molecular formula is C14H21BrN2O. The summed E-state index contributed by atoms with van der Waals surface area (Å²) in [6, 6.07) is 5.91. The summed E-state index contributed by atoms with van der Waals surface area (Å²) in [6.45, 7) is 2.76. The Balaban J connectivity index is 2.31. The number of carbonyl (C=O) groups is 1. The number of aryl methyl sites for hydroxylation is 1. The fraction of sp³-hybridized carbons (Fsp3) is 0.500. The second kappa shape index (κ2) is 8.27. The molecule has 0 aliphatic rings. The molecule has 0 atom stereocenters. The smallest absolute Gasteiger partial charge is 0.224 e. The quantitative estimate of drug-likeness (QED) is 0.756. The van der Waals surface area contributed by atoms with E-state index < -0.39 is 0 Å². The van der Waals surface area contributed by atoms with Gasteiger partial charge in [-0.15, -0.1) is 0 Å². The molecule has 100 valence electrons. The van der Waals surface area contributed by atoms with E-state index in [0.717, 1.165) is 42.4 Å². The zero-order valence-corrected chi connectivity index (χ0v) is 12.4. The number of halogens is 1. The lowest BCUT2D eigenvalue weighted by Gasteiger charge is -2.08. The monoisotopic (exact) mass is 312 g/mol. The topological polar surface area (TPSA) is 55.1 Å². The van der Waals surface area contributed by atoms with Gasteiger partial charge in [0.25, 0.3) is 0 Å².